The van der Waals surface area contributed by atoms with Gasteiger partial charge in [0, 0.05) is 25.8 Å². The van der Waals surface area contributed by atoms with E-state index in [-0.39, 0.29) is 24.7 Å². The maximum Gasteiger partial charge on any atom is 0.254 e. The van der Waals surface area contributed by atoms with Crippen molar-refractivity contribution >= 4 is 5.91 Å². The number of amides is 1. The Labute approximate surface area is 188 Å². The third-order valence-corrected chi connectivity index (χ3v) is 4.93. The Morgan fingerprint density at radius 2 is 1.81 bits per heavy atom. The van der Waals surface area contributed by atoms with Crippen LogP contribution in [0.5, 0.6) is 11.6 Å². The summed E-state index contributed by atoms with van der Waals surface area (Å²) in [7, 11) is 0. The Kier molecular flexibility index (Phi) is 8.60. The van der Waals surface area contributed by atoms with Gasteiger partial charge >= 0.3 is 0 Å². The van der Waals surface area contributed by atoms with Gasteiger partial charge in [-0.25, -0.2) is 4.98 Å². The molecule has 1 atom stereocenters. The number of nitrogens with zero attached hydrogens (tertiary/aromatic N) is 2. The number of aliphatic hydroxyl groups is 1. The molecule has 1 aromatic heterocycles. The number of aryl methyl sites for hydroxylation is 1. The van der Waals surface area contributed by atoms with E-state index in [1.807, 2.05) is 61.5 Å². The van der Waals surface area contributed by atoms with E-state index >= 15 is 0 Å². The summed E-state index contributed by atoms with van der Waals surface area (Å²) in [4.78, 5) is 17.7. The predicted octanol–water partition coefficient (Wildman–Crippen LogP) is 2.81. The largest absolute Gasteiger partial charge is 0.491 e. The minimum atomic E-state index is -0.686. The van der Waals surface area contributed by atoms with Gasteiger partial charge in [0.15, 0.2) is 0 Å². The lowest BCUT2D eigenvalue weighted by Gasteiger charge is -2.25. The van der Waals surface area contributed by atoms with Crippen LogP contribution in [0, 0.1) is 6.92 Å². The Balaban J connectivity index is 1.59. The monoisotopic (exact) mass is 435 g/mol. The standard InChI is InChI=1S/C25H29N3O4/c1-19-8-5-6-12-23(19)32-18-21(29)17-28(16-20-9-3-2-4-10-20)14-15-31-25-22(24(26)30)11-7-13-27-25/h2-13,21,29H,14-18H2,1H3,(H2,26,30). The lowest BCUT2D eigenvalue weighted by atomic mass is 10.2. The molecule has 0 saturated carbocycles. The molecule has 1 unspecified atom stereocenters. The maximum absolute atomic E-state index is 11.6. The number of carbonyl (C=O) groups is 1. The van der Waals surface area contributed by atoms with Crippen LogP contribution in [0.2, 0.25) is 0 Å². The highest BCUT2D eigenvalue weighted by molar-refractivity contribution is 5.94. The number of para-hydroxylation sites is 1. The van der Waals surface area contributed by atoms with E-state index in [0.717, 1.165) is 16.9 Å². The average molecular weight is 436 g/mol. The van der Waals surface area contributed by atoms with Gasteiger partial charge in [-0.05, 0) is 36.2 Å². The second kappa shape index (κ2) is 11.8. The molecule has 3 aromatic rings. The molecule has 32 heavy (non-hydrogen) atoms. The highest BCUT2D eigenvalue weighted by Crippen LogP contribution is 2.17. The Hall–Kier alpha value is -3.42. The fourth-order valence-corrected chi connectivity index (χ4v) is 3.30. The molecule has 168 valence electrons. The Morgan fingerprint density at radius 3 is 2.56 bits per heavy atom. The molecule has 0 saturated heterocycles. The molecule has 0 radical (unpaired) electrons. The molecule has 2 aromatic carbocycles. The number of aromatic nitrogens is 1. The number of ether oxygens (including phenoxy) is 2. The quantitative estimate of drug-likeness (QED) is 0.454. The van der Waals surface area contributed by atoms with Crippen LogP contribution in [0.15, 0.2) is 72.9 Å². The molecule has 1 heterocycles. The average Bonchev–Trinajstić information content (AvgIpc) is 2.79. The third-order valence-electron chi connectivity index (χ3n) is 4.93. The molecular formula is C25H29N3O4. The zero-order valence-electron chi connectivity index (χ0n) is 18.2. The van der Waals surface area contributed by atoms with Crippen molar-refractivity contribution in [3.05, 3.63) is 89.6 Å². The summed E-state index contributed by atoms with van der Waals surface area (Å²) < 4.78 is 11.5. The zero-order valence-corrected chi connectivity index (χ0v) is 18.2. The van der Waals surface area contributed by atoms with Gasteiger partial charge in [0.25, 0.3) is 5.91 Å². The summed E-state index contributed by atoms with van der Waals surface area (Å²) in [6, 6.07) is 20.9. The Morgan fingerprint density at radius 1 is 1.06 bits per heavy atom. The van der Waals surface area contributed by atoms with Gasteiger partial charge in [-0.2, -0.15) is 0 Å². The summed E-state index contributed by atoms with van der Waals surface area (Å²) in [5.41, 5.74) is 7.78. The van der Waals surface area contributed by atoms with Crippen molar-refractivity contribution in [1.82, 2.24) is 9.88 Å². The Bertz CT molecular complexity index is 997. The number of rotatable bonds is 12. The smallest absolute Gasteiger partial charge is 0.254 e. The highest BCUT2D eigenvalue weighted by atomic mass is 16.5. The van der Waals surface area contributed by atoms with E-state index in [4.69, 9.17) is 15.2 Å². The van der Waals surface area contributed by atoms with Crippen molar-refractivity contribution in [3.63, 3.8) is 0 Å². The van der Waals surface area contributed by atoms with Crippen LogP contribution in [0.3, 0.4) is 0 Å². The van der Waals surface area contributed by atoms with E-state index in [0.29, 0.717) is 19.6 Å². The van der Waals surface area contributed by atoms with Gasteiger partial charge in [0.1, 0.15) is 30.6 Å². The second-order valence-corrected chi connectivity index (χ2v) is 7.52. The fourth-order valence-electron chi connectivity index (χ4n) is 3.30. The van der Waals surface area contributed by atoms with Crippen LogP contribution in [-0.2, 0) is 6.54 Å². The predicted molar refractivity (Wildman–Crippen MR) is 123 cm³/mol. The first-order chi connectivity index (χ1) is 15.5. The summed E-state index contributed by atoms with van der Waals surface area (Å²) in [5, 5.41) is 10.6. The molecule has 0 aliphatic heterocycles. The molecular weight excluding hydrogens is 406 g/mol. The van der Waals surface area contributed by atoms with Crippen molar-refractivity contribution in [1.29, 1.82) is 0 Å². The topological polar surface area (TPSA) is 97.9 Å². The van der Waals surface area contributed by atoms with Crippen LogP contribution >= 0.6 is 0 Å². The van der Waals surface area contributed by atoms with E-state index < -0.39 is 12.0 Å². The third kappa shape index (κ3) is 7.08. The van der Waals surface area contributed by atoms with Gasteiger partial charge in [0.2, 0.25) is 5.88 Å². The SMILES string of the molecule is Cc1ccccc1OCC(O)CN(CCOc1ncccc1C(N)=O)Cc1ccccc1. The van der Waals surface area contributed by atoms with Crippen LogP contribution in [0.25, 0.3) is 0 Å². The number of pyridine rings is 1. The lowest BCUT2D eigenvalue weighted by Crippen LogP contribution is -2.37. The van der Waals surface area contributed by atoms with Gasteiger partial charge < -0.3 is 20.3 Å². The molecule has 3 N–H and O–H groups in total. The van der Waals surface area contributed by atoms with Crippen LogP contribution in [0.1, 0.15) is 21.5 Å². The van der Waals surface area contributed by atoms with E-state index in [9.17, 15) is 9.90 Å². The van der Waals surface area contributed by atoms with Gasteiger partial charge in [-0.1, -0.05) is 48.5 Å². The number of hydrogen-bond donors (Lipinski definition) is 2. The molecule has 7 nitrogen and oxygen atoms in total. The van der Waals surface area contributed by atoms with Gasteiger partial charge in [-0.3, -0.25) is 9.69 Å². The fraction of sp³-hybridized carbons (Fsp3) is 0.280. The minimum Gasteiger partial charge on any atom is -0.491 e. The van der Waals surface area contributed by atoms with Crippen molar-refractivity contribution < 1.29 is 19.4 Å². The van der Waals surface area contributed by atoms with Crippen LogP contribution < -0.4 is 15.2 Å². The molecule has 1 amide bonds. The molecule has 0 bridgehead atoms. The van der Waals surface area contributed by atoms with Crippen LogP contribution in [-0.4, -0.2) is 53.3 Å². The normalized spacial score (nSPS) is 11.8. The van der Waals surface area contributed by atoms with Crippen LogP contribution in [0.4, 0.5) is 0 Å². The number of hydrogen-bond acceptors (Lipinski definition) is 6. The summed E-state index contributed by atoms with van der Waals surface area (Å²) in [6.45, 7) is 3.99. The number of primary amides is 1. The summed E-state index contributed by atoms with van der Waals surface area (Å²) in [5.74, 6) is 0.389. The summed E-state index contributed by atoms with van der Waals surface area (Å²) >= 11 is 0. The van der Waals surface area contributed by atoms with Crippen molar-refractivity contribution in [2.75, 3.05) is 26.3 Å². The van der Waals surface area contributed by atoms with Gasteiger partial charge in [0.05, 0.1) is 0 Å². The van der Waals surface area contributed by atoms with Crippen molar-refractivity contribution in [2.45, 2.75) is 19.6 Å². The number of carbonyl (C=O) groups excluding carboxylic acids is 1. The zero-order chi connectivity index (χ0) is 22.8. The number of aliphatic hydroxyl groups excluding tert-OH is 1. The first kappa shape index (κ1) is 23.2. The highest BCUT2D eigenvalue weighted by Gasteiger charge is 2.15. The van der Waals surface area contributed by atoms with Crippen molar-refractivity contribution in [2.24, 2.45) is 5.73 Å². The van der Waals surface area contributed by atoms with E-state index in [1.165, 1.54) is 0 Å². The number of nitrogens with two attached hydrogens (primary N) is 1. The minimum absolute atomic E-state index is 0.184. The lowest BCUT2D eigenvalue weighted by molar-refractivity contribution is 0.0599. The summed E-state index contributed by atoms with van der Waals surface area (Å²) in [6.07, 6.45) is 0.866. The maximum atomic E-state index is 11.6. The van der Waals surface area contributed by atoms with Gasteiger partial charge in [-0.15, -0.1) is 0 Å². The first-order valence-electron chi connectivity index (χ1n) is 10.5. The molecule has 3 rings (SSSR count). The molecule has 0 aliphatic rings. The first-order valence-corrected chi connectivity index (χ1v) is 10.5. The molecule has 7 heteroatoms. The molecule has 0 aliphatic carbocycles. The van der Waals surface area contributed by atoms with Crippen molar-refractivity contribution in [3.8, 4) is 11.6 Å². The van der Waals surface area contributed by atoms with E-state index in [2.05, 4.69) is 9.88 Å². The van der Waals surface area contributed by atoms with E-state index in [1.54, 1.807) is 18.3 Å². The molecule has 0 fully saturated rings. The second-order valence-electron chi connectivity index (χ2n) is 7.52. The number of benzene rings is 2. The molecule has 0 spiro atoms.